The molecule has 4 nitrogen and oxygen atoms in total. The van der Waals surface area contributed by atoms with Gasteiger partial charge in [-0.1, -0.05) is 0 Å². The van der Waals surface area contributed by atoms with Crippen LogP contribution in [-0.2, 0) is 0 Å². The van der Waals surface area contributed by atoms with Crippen LogP contribution in [0, 0.1) is 13.8 Å². The van der Waals surface area contributed by atoms with Crippen molar-refractivity contribution >= 4 is 11.9 Å². The smallest absolute Gasteiger partial charge is 0.335 e. The maximum atomic E-state index is 11.0. The standard InChI is InChI=1S/C10H11NO3/c1-5-3-7(10(13)14)4-8(6(5)2)9(11)12/h3-4H,1-2H3,(H2,11,12)(H,13,14). The average molecular weight is 193 g/mol. The lowest BCUT2D eigenvalue weighted by Gasteiger charge is -2.06. The molecule has 0 heterocycles. The van der Waals surface area contributed by atoms with Gasteiger partial charge in [-0.3, -0.25) is 4.79 Å². The third kappa shape index (κ3) is 1.74. The van der Waals surface area contributed by atoms with E-state index in [0.717, 1.165) is 11.1 Å². The molecule has 14 heavy (non-hydrogen) atoms. The van der Waals surface area contributed by atoms with Crippen LogP contribution in [0.4, 0.5) is 0 Å². The van der Waals surface area contributed by atoms with Gasteiger partial charge in [0, 0.05) is 5.56 Å². The van der Waals surface area contributed by atoms with Gasteiger partial charge in [-0.05, 0) is 37.1 Å². The molecule has 74 valence electrons. The molecule has 1 aromatic rings. The Balaban J connectivity index is 3.43. The second-order valence-corrected chi connectivity index (χ2v) is 3.14. The molecule has 0 atom stereocenters. The minimum Gasteiger partial charge on any atom is -0.478 e. The highest BCUT2D eigenvalue weighted by Crippen LogP contribution is 2.15. The van der Waals surface area contributed by atoms with E-state index in [9.17, 15) is 9.59 Å². The molecule has 4 heteroatoms. The van der Waals surface area contributed by atoms with Gasteiger partial charge in [-0.2, -0.15) is 0 Å². The molecule has 0 bridgehead atoms. The molecule has 0 unspecified atom stereocenters. The second kappa shape index (κ2) is 3.49. The van der Waals surface area contributed by atoms with Crippen molar-refractivity contribution in [1.29, 1.82) is 0 Å². The van der Waals surface area contributed by atoms with Gasteiger partial charge in [0.05, 0.1) is 5.56 Å². The van der Waals surface area contributed by atoms with Gasteiger partial charge in [-0.25, -0.2) is 4.79 Å². The number of primary amides is 1. The van der Waals surface area contributed by atoms with Crippen LogP contribution in [0.1, 0.15) is 31.8 Å². The number of carbonyl (C=O) groups excluding carboxylic acids is 1. The van der Waals surface area contributed by atoms with Gasteiger partial charge in [0.15, 0.2) is 0 Å². The van der Waals surface area contributed by atoms with E-state index >= 15 is 0 Å². The molecular formula is C10H11NO3. The lowest BCUT2D eigenvalue weighted by molar-refractivity contribution is 0.0697. The molecule has 1 amide bonds. The topological polar surface area (TPSA) is 80.4 Å². The summed E-state index contributed by atoms with van der Waals surface area (Å²) in [5.41, 5.74) is 6.95. The first kappa shape index (κ1) is 10.2. The minimum atomic E-state index is -1.06. The number of nitrogens with two attached hydrogens (primary N) is 1. The zero-order valence-electron chi connectivity index (χ0n) is 8.00. The number of rotatable bonds is 2. The molecular weight excluding hydrogens is 182 g/mol. The van der Waals surface area contributed by atoms with Crippen LogP contribution < -0.4 is 5.73 Å². The van der Waals surface area contributed by atoms with Crippen molar-refractivity contribution in [2.24, 2.45) is 5.73 Å². The van der Waals surface area contributed by atoms with Crippen LogP contribution in [0.25, 0.3) is 0 Å². The molecule has 0 spiro atoms. The molecule has 0 fully saturated rings. The first-order valence-corrected chi connectivity index (χ1v) is 4.08. The van der Waals surface area contributed by atoms with Gasteiger partial charge >= 0.3 is 5.97 Å². The first-order valence-electron chi connectivity index (χ1n) is 4.08. The number of benzene rings is 1. The quantitative estimate of drug-likeness (QED) is 0.738. The Morgan fingerprint density at radius 3 is 2.29 bits per heavy atom. The third-order valence-corrected chi connectivity index (χ3v) is 2.18. The summed E-state index contributed by atoms with van der Waals surface area (Å²) in [7, 11) is 0. The first-order chi connectivity index (χ1) is 6.43. The van der Waals surface area contributed by atoms with E-state index in [1.54, 1.807) is 13.8 Å². The summed E-state index contributed by atoms with van der Waals surface area (Å²) in [5.74, 6) is -1.66. The lowest BCUT2D eigenvalue weighted by atomic mass is 9.99. The number of hydrogen-bond acceptors (Lipinski definition) is 2. The van der Waals surface area contributed by atoms with Gasteiger partial charge in [0.1, 0.15) is 0 Å². The molecule has 1 rings (SSSR count). The summed E-state index contributed by atoms with van der Waals surface area (Å²) in [6.07, 6.45) is 0. The summed E-state index contributed by atoms with van der Waals surface area (Å²) < 4.78 is 0. The van der Waals surface area contributed by atoms with Gasteiger partial charge in [-0.15, -0.1) is 0 Å². The van der Waals surface area contributed by atoms with E-state index in [0.29, 0.717) is 0 Å². The second-order valence-electron chi connectivity index (χ2n) is 3.14. The van der Waals surface area contributed by atoms with Crippen LogP contribution in [0.5, 0.6) is 0 Å². The molecule has 0 saturated heterocycles. The number of amides is 1. The molecule has 0 aliphatic heterocycles. The highest BCUT2D eigenvalue weighted by Gasteiger charge is 2.12. The van der Waals surface area contributed by atoms with Gasteiger partial charge in [0.2, 0.25) is 5.91 Å². The minimum absolute atomic E-state index is 0.0851. The number of carbonyl (C=O) groups is 2. The van der Waals surface area contributed by atoms with Crippen molar-refractivity contribution in [1.82, 2.24) is 0 Å². The predicted octanol–water partition coefficient (Wildman–Crippen LogP) is 1.10. The van der Waals surface area contributed by atoms with E-state index in [2.05, 4.69) is 0 Å². The van der Waals surface area contributed by atoms with Crippen molar-refractivity contribution in [3.05, 3.63) is 34.4 Å². The molecule has 3 N–H and O–H groups in total. The zero-order valence-corrected chi connectivity index (χ0v) is 8.00. The fourth-order valence-corrected chi connectivity index (χ4v) is 1.24. The normalized spacial score (nSPS) is 9.86. The fraction of sp³-hybridized carbons (Fsp3) is 0.200. The van der Waals surface area contributed by atoms with E-state index in [1.807, 2.05) is 0 Å². The summed E-state index contributed by atoms with van der Waals surface area (Å²) in [6.45, 7) is 3.48. The summed E-state index contributed by atoms with van der Waals surface area (Å²) in [6, 6.07) is 2.82. The number of carboxylic acid groups (broad SMARTS) is 1. The van der Waals surface area contributed by atoms with Crippen LogP contribution >= 0.6 is 0 Å². The number of hydrogen-bond donors (Lipinski definition) is 2. The molecule has 0 aliphatic rings. The summed E-state index contributed by atoms with van der Waals surface area (Å²) in [5, 5.41) is 8.75. The zero-order chi connectivity index (χ0) is 10.9. The lowest BCUT2D eigenvalue weighted by Crippen LogP contribution is -2.14. The van der Waals surface area contributed by atoms with E-state index in [-0.39, 0.29) is 11.1 Å². The Bertz CT molecular complexity index is 410. The van der Waals surface area contributed by atoms with Gasteiger partial charge in [0.25, 0.3) is 0 Å². The van der Waals surface area contributed by atoms with Gasteiger partial charge < -0.3 is 10.8 Å². The van der Waals surface area contributed by atoms with E-state index < -0.39 is 11.9 Å². The van der Waals surface area contributed by atoms with E-state index in [4.69, 9.17) is 10.8 Å². The highest BCUT2D eigenvalue weighted by molar-refractivity contribution is 5.98. The molecule has 0 radical (unpaired) electrons. The number of aromatic carboxylic acids is 1. The Kier molecular flexibility index (Phi) is 2.56. The van der Waals surface area contributed by atoms with Crippen molar-refractivity contribution in [3.8, 4) is 0 Å². The Labute approximate surface area is 81.3 Å². The summed E-state index contributed by atoms with van der Waals surface area (Å²) >= 11 is 0. The molecule has 0 aliphatic carbocycles. The van der Waals surface area contributed by atoms with Crippen LogP contribution in [0.15, 0.2) is 12.1 Å². The van der Waals surface area contributed by atoms with Crippen molar-refractivity contribution in [2.75, 3.05) is 0 Å². The maximum Gasteiger partial charge on any atom is 0.335 e. The number of aryl methyl sites for hydroxylation is 1. The van der Waals surface area contributed by atoms with Crippen LogP contribution in [-0.4, -0.2) is 17.0 Å². The monoisotopic (exact) mass is 193 g/mol. The molecule has 0 saturated carbocycles. The van der Waals surface area contributed by atoms with Crippen molar-refractivity contribution < 1.29 is 14.7 Å². The summed E-state index contributed by atoms with van der Waals surface area (Å²) in [4.78, 5) is 21.7. The SMILES string of the molecule is Cc1cc(C(=O)O)cc(C(N)=O)c1C. The highest BCUT2D eigenvalue weighted by atomic mass is 16.4. The average Bonchev–Trinajstić information content (AvgIpc) is 2.08. The Morgan fingerprint density at radius 2 is 1.86 bits per heavy atom. The van der Waals surface area contributed by atoms with Crippen LogP contribution in [0.3, 0.4) is 0 Å². The van der Waals surface area contributed by atoms with E-state index in [1.165, 1.54) is 12.1 Å². The maximum absolute atomic E-state index is 11.0. The number of carboxylic acids is 1. The Hall–Kier alpha value is -1.84. The molecule has 1 aromatic carbocycles. The van der Waals surface area contributed by atoms with Crippen molar-refractivity contribution in [2.45, 2.75) is 13.8 Å². The predicted molar refractivity (Wildman–Crippen MR) is 51.4 cm³/mol. The Morgan fingerprint density at radius 1 is 1.29 bits per heavy atom. The third-order valence-electron chi connectivity index (χ3n) is 2.18. The van der Waals surface area contributed by atoms with Crippen LogP contribution in [0.2, 0.25) is 0 Å². The molecule has 0 aromatic heterocycles. The fourth-order valence-electron chi connectivity index (χ4n) is 1.24. The van der Waals surface area contributed by atoms with Crippen molar-refractivity contribution in [3.63, 3.8) is 0 Å². The largest absolute Gasteiger partial charge is 0.478 e.